The van der Waals surface area contributed by atoms with Crippen LogP contribution in [0, 0.1) is 13.8 Å². The lowest BCUT2D eigenvalue weighted by atomic mass is 10.1. The minimum Gasteiger partial charge on any atom is -0.369 e. The maximum absolute atomic E-state index is 3.63. The third-order valence-corrected chi connectivity index (χ3v) is 6.26. The van der Waals surface area contributed by atoms with Crippen LogP contribution >= 0.6 is 27.3 Å². The normalized spacial score (nSPS) is 16.4. The SMILES string of the molecule is Cc1cccc(N2CCN(Cc3sccc3Br)CC2)c1C. The highest BCUT2D eigenvalue weighted by Crippen LogP contribution is 2.26. The summed E-state index contributed by atoms with van der Waals surface area (Å²) in [5.41, 5.74) is 4.22. The number of anilines is 1. The average molecular weight is 365 g/mol. The van der Waals surface area contributed by atoms with Gasteiger partial charge in [0, 0.05) is 47.8 Å². The van der Waals surface area contributed by atoms with Crippen molar-refractivity contribution in [1.82, 2.24) is 4.90 Å². The molecule has 2 nitrogen and oxygen atoms in total. The van der Waals surface area contributed by atoms with Gasteiger partial charge >= 0.3 is 0 Å². The van der Waals surface area contributed by atoms with Crippen LogP contribution in [0.3, 0.4) is 0 Å². The van der Waals surface area contributed by atoms with Gasteiger partial charge < -0.3 is 4.90 Å². The van der Waals surface area contributed by atoms with E-state index in [4.69, 9.17) is 0 Å². The summed E-state index contributed by atoms with van der Waals surface area (Å²) in [5.74, 6) is 0. The van der Waals surface area contributed by atoms with Gasteiger partial charge in [0.05, 0.1) is 0 Å². The van der Waals surface area contributed by atoms with Crippen LogP contribution in [0.25, 0.3) is 0 Å². The highest BCUT2D eigenvalue weighted by molar-refractivity contribution is 9.10. The summed E-state index contributed by atoms with van der Waals surface area (Å²) in [6, 6.07) is 8.77. The van der Waals surface area contributed by atoms with Crippen LogP contribution < -0.4 is 4.90 Å². The van der Waals surface area contributed by atoms with E-state index in [1.807, 2.05) is 11.3 Å². The minimum atomic E-state index is 1.07. The molecule has 0 bridgehead atoms. The first-order chi connectivity index (χ1) is 10.1. The summed E-state index contributed by atoms with van der Waals surface area (Å²) in [6.45, 7) is 10.0. The van der Waals surface area contributed by atoms with Crippen molar-refractivity contribution in [3.05, 3.63) is 50.1 Å². The fraction of sp³-hybridized carbons (Fsp3) is 0.412. The molecule has 0 amide bonds. The van der Waals surface area contributed by atoms with Crippen LogP contribution in [0.15, 0.2) is 34.1 Å². The molecule has 1 aliphatic rings. The summed E-state index contributed by atoms with van der Waals surface area (Å²) in [6.07, 6.45) is 0. The van der Waals surface area contributed by atoms with Gasteiger partial charge in [0.2, 0.25) is 0 Å². The van der Waals surface area contributed by atoms with Crippen molar-refractivity contribution in [2.45, 2.75) is 20.4 Å². The maximum atomic E-state index is 3.63. The zero-order valence-electron chi connectivity index (χ0n) is 12.6. The van der Waals surface area contributed by atoms with Crippen molar-refractivity contribution in [2.24, 2.45) is 0 Å². The average Bonchev–Trinajstić information content (AvgIpc) is 2.88. The van der Waals surface area contributed by atoms with Crippen LogP contribution in [0.5, 0.6) is 0 Å². The lowest BCUT2D eigenvalue weighted by Gasteiger charge is -2.37. The third kappa shape index (κ3) is 3.33. The molecule has 1 aromatic heterocycles. The molecule has 1 fully saturated rings. The van der Waals surface area contributed by atoms with Crippen LogP contribution in [0.4, 0.5) is 5.69 Å². The summed E-state index contributed by atoms with van der Waals surface area (Å²) in [7, 11) is 0. The van der Waals surface area contributed by atoms with E-state index in [1.54, 1.807) is 0 Å². The first-order valence-corrected chi connectivity index (χ1v) is 9.08. The fourth-order valence-corrected chi connectivity index (χ4v) is 4.39. The van der Waals surface area contributed by atoms with Crippen LogP contribution in [-0.4, -0.2) is 31.1 Å². The van der Waals surface area contributed by atoms with E-state index < -0.39 is 0 Å². The monoisotopic (exact) mass is 364 g/mol. The van der Waals surface area contributed by atoms with Gasteiger partial charge in [-0.15, -0.1) is 11.3 Å². The van der Waals surface area contributed by atoms with E-state index in [2.05, 4.69) is 69.2 Å². The molecule has 0 N–H and O–H groups in total. The Labute approximate surface area is 139 Å². The van der Waals surface area contributed by atoms with Gasteiger partial charge in [-0.1, -0.05) is 12.1 Å². The zero-order valence-corrected chi connectivity index (χ0v) is 15.0. The number of halogens is 1. The van der Waals surface area contributed by atoms with Gasteiger partial charge in [-0.2, -0.15) is 0 Å². The van der Waals surface area contributed by atoms with E-state index in [1.165, 1.54) is 26.2 Å². The minimum absolute atomic E-state index is 1.07. The molecule has 112 valence electrons. The lowest BCUT2D eigenvalue weighted by molar-refractivity contribution is 0.251. The number of piperazine rings is 1. The molecular formula is C17H21BrN2S. The van der Waals surface area contributed by atoms with Crippen molar-refractivity contribution >= 4 is 33.0 Å². The summed E-state index contributed by atoms with van der Waals surface area (Å²) in [4.78, 5) is 6.52. The number of hydrogen-bond donors (Lipinski definition) is 0. The fourth-order valence-electron chi connectivity index (χ4n) is 2.87. The highest BCUT2D eigenvalue weighted by atomic mass is 79.9. The predicted octanol–water partition coefficient (Wildman–Crippen LogP) is 4.45. The zero-order chi connectivity index (χ0) is 14.8. The summed E-state index contributed by atoms with van der Waals surface area (Å²) >= 11 is 5.48. The Hall–Kier alpha value is -0.840. The molecule has 0 saturated carbocycles. The van der Waals surface area contributed by atoms with Crippen LogP contribution in [0.2, 0.25) is 0 Å². The number of nitrogens with zero attached hydrogens (tertiary/aromatic N) is 2. The van der Waals surface area contributed by atoms with Crippen molar-refractivity contribution < 1.29 is 0 Å². The van der Waals surface area contributed by atoms with Gasteiger partial charge in [0.25, 0.3) is 0 Å². The summed E-state index contributed by atoms with van der Waals surface area (Å²) < 4.78 is 1.25. The van der Waals surface area contributed by atoms with Crippen molar-refractivity contribution in [3.63, 3.8) is 0 Å². The van der Waals surface area contributed by atoms with Crippen LogP contribution in [0.1, 0.15) is 16.0 Å². The Morgan fingerprint density at radius 1 is 1.10 bits per heavy atom. The topological polar surface area (TPSA) is 6.48 Å². The molecule has 4 heteroatoms. The van der Waals surface area contributed by atoms with Crippen molar-refractivity contribution in [3.8, 4) is 0 Å². The van der Waals surface area contributed by atoms with Gasteiger partial charge in [0.1, 0.15) is 0 Å². The van der Waals surface area contributed by atoms with Gasteiger partial charge in [-0.3, -0.25) is 4.90 Å². The molecule has 0 spiro atoms. The van der Waals surface area contributed by atoms with Gasteiger partial charge in [-0.25, -0.2) is 0 Å². The van der Waals surface area contributed by atoms with Crippen molar-refractivity contribution in [1.29, 1.82) is 0 Å². The van der Waals surface area contributed by atoms with Gasteiger partial charge in [0.15, 0.2) is 0 Å². The first kappa shape index (κ1) is 15.1. The predicted molar refractivity (Wildman–Crippen MR) is 95.4 cm³/mol. The second-order valence-electron chi connectivity index (χ2n) is 5.67. The highest BCUT2D eigenvalue weighted by Gasteiger charge is 2.19. The molecule has 1 saturated heterocycles. The Morgan fingerprint density at radius 2 is 1.86 bits per heavy atom. The molecule has 1 aliphatic heterocycles. The molecule has 0 aliphatic carbocycles. The maximum Gasteiger partial charge on any atom is 0.0399 e. The Kier molecular flexibility index (Phi) is 4.67. The molecule has 0 atom stereocenters. The van der Waals surface area contributed by atoms with Gasteiger partial charge in [-0.05, 0) is 58.4 Å². The number of rotatable bonds is 3. The van der Waals surface area contributed by atoms with Crippen LogP contribution in [-0.2, 0) is 6.54 Å². The smallest absolute Gasteiger partial charge is 0.0399 e. The molecule has 0 radical (unpaired) electrons. The largest absolute Gasteiger partial charge is 0.369 e. The van der Waals surface area contributed by atoms with Crippen molar-refractivity contribution in [2.75, 3.05) is 31.1 Å². The standard InChI is InChI=1S/C17H21BrN2S/c1-13-4-3-5-16(14(13)2)20-9-7-19(8-10-20)12-17-15(18)6-11-21-17/h3-6,11H,7-10,12H2,1-2H3. The van der Waals surface area contributed by atoms with E-state index in [-0.39, 0.29) is 0 Å². The second-order valence-corrected chi connectivity index (χ2v) is 7.53. The number of benzene rings is 1. The van der Waals surface area contributed by atoms with E-state index in [0.29, 0.717) is 0 Å². The van der Waals surface area contributed by atoms with E-state index in [9.17, 15) is 0 Å². The van der Waals surface area contributed by atoms with E-state index >= 15 is 0 Å². The number of hydrogen-bond acceptors (Lipinski definition) is 3. The van der Waals surface area contributed by atoms with E-state index in [0.717, 1.165) is 32.7 Å². The third-order valence-electron chi connectivity index (χ3n) is 4.35. The molecule has 2 aromatic rings. The second kappa shape index (κ2) is 6.51. The molecule has 21 heavy (non-hydrogen) atoms. The first-order valence-electron chi connectivity index (χ1n) is 7.40. The lowest BCUT2D eigenvalue weighted by Crippen LogP contribution is -2.46. The Morgan fingerprint density at radius 3 is 2.52 bits per heavy atom. The number of aryl methyl sites for hydroxylation is 1. The Balaban J connectivity index is 1.63. The Bertz CT molecular complexity index is 615. The molecule has 3 rings (SSSR count). The quantitative estimate of drug-likeness (QED) is 0.793. The molecule has 0 unspecified atom stereocenters. The molecule has 1 aromatic carbocycles. The molecular weight excluding hydrogens is 344 g/mol. The molecule has 2 heterocycles. The number of thiophene rings is 1. The summed E-state index contributed by atoms with van der Waals surface area (Å²) in [5, 5.41) is 2.16.